The molecular formula is C37H43F3N4O5. The number of halogens is 3. The number of amides is 1. The van der Waals surface area contributed by atoms with Gasteiger partial charge in [0.1, 0.15) is 5.75 Å². The van der Waals surface area contributed by atoms with Gasteiger partial charge in [0.2, 0.25) is 5.91 Å². The molecule has 0 radical (unpaired) electrons. The van der Waals surface area contributed by atoms with Crippen LogP contribution in [-0.4, -0.2) is 86.5 Å². The van der Waals surface area contributed by atoms with E-state index >= 15 is 0 Å². The summed E-state index contributed by atoms with van der Waals surface area (Å²) >= 11 is 0. The number of carboxylic acids is 1. The van der Waals surface area contributed by atoms with Gasteiger partial charge in [0, 0.05) is 74.9 Å². The van der Waals surface area contributed by atoms with Crippen LogP contribution < -0.4 is 14.5 Å². The average Bonchev–Trinajstić information content (AvgIpc) is 3.73. The number of aliphatic carboxylic acids is 1. The summed E-state index contributed by atoms with van der Waals surface area (Å²) in [6, 6.07) is 15.4. The number of carboxylic acid groups (broad SMARTS) is 1. The molecule has 3 saturated heterocycles. The number of alkyl halides is 3. The highest BCUT2D eigenvalue weighted by atomic mass is 19.4. The standard InChI is InChI=1S/C37H43F3N4O5/c1-23-16-28(10-13-41-23)43-20-32(24-4-7-30(49-3)8-5-24)33(21-43)35(45)44-19-26(17-29(44)22-48-2)31-9-6-27(37(38,39)40)18-34(31)42-14-11-25(12-15-42)36(46)47/h4-10,13,16,18,25-26,29,32-33H,11-12,14-15,17,19-22H2,1-3H3,(H,46,47)/t26-,29+,32+,33-/m1/s1. The molecule has 3 aliphatic heterocycles. The fourth-order valence-corrected chi connectivity index (χ4v) is 7.86. The molecule has 3 aliphatic rings. The molecule has 0 unspecified atom stereocenters. The fraction of sp³-hybridized carbons (Fsp3) is 0.486. The Bertz CT molecular complexity index is 1640. The number of carbonyl (C=O) groups is 2. The minimum atomic E-state index is -4.53. The number of benzene rings is 2. The van der Waals surface area contributed by atoms with Gasteiger partial charge in [-0.05, 0) is 73.7 Å². The average molecular weight is 681 g/mol. The minimum Gasteiger partial charge on any atom is -0.497 e. The molecular weight excluding hydrogens is 637 g/mol. The highest BCUT2D eigenvalue weighted by Crippen LogP contribution is 2.44. The van der Waals surface area contributed by atoms with E-state index in [2.05, 4.69) is 9.88 Å². The van der Waals surface area contributed by atoms with E-state index in [9.17, 15) is 27.9 Å². The third-order valence-corrected chi connectivity index (χ3v) is 10.5. The molecule has 2 aromatic carbocycles. The number of pyridine rings is 1. The molecule has 49 heavy (non-hydrogen) atoms. The van der Waals surface area contributed by atoms with Crippen molar-refractivity contribution in [3.63, 3.8) is 0 Å². The van der Waals surface area contributed by atoms with E-state index in [1.807, 2.05) is 53.1 Å². The lowest BCUT2D eigenvalue weighted by Crippen LogP contribution is -2.43. The van der Waals surface area contributed by atoms with Gasteiger partial charge >= 0.3 is 12.1 Å². The molecule has 0 aliphatic carbocycles. The number of carbonyl (C=O) groups excluding carboxylic acids is 1. The Kier molecular flexibility index (Phi) is 10.1. The Hall–Kier alpha value is -4.32. The molecule has 262 valence electrons. The summed E-state index contributed by atoms with van der Waals surface area (Å²) in [5.74, 6) is -1.37. The zero-order valence-corrected chi connectivity index (χ0v) is 28.0. The van der Waals surface area contributed by atoms with Crippen LogP contribution in [-0.2, 0) is 20.5 Å². The van der Waals surface area contributed by atoms with Crippen LogP contribution in [0.5, 0.6) is 5.75 Å². The predicted octanol–water partition coefficient (Wildman–Crippen LogP) is 5.97. The number of aromatic nitrogens is 1. The van der Waals surface area contributed by atoms with Crippen LogP contribution in [0.15, 0.2) is 60.8 Å². The van der Waals surface area contributed by atoms with Crippen molar-refractivity contribution >= 4 is 23.3 Å². The van der Waals surface area contributed by atoms with E-state index in [4.69, 9.17) is 9.47 Å². The normalized spacial score (nSPS) is 23.3. The Morgan fingerprint density at radius 1 is 0.959 bits per heavy atom. The maximum Gasteiger partial charge on any atom is 0.416 e. The molecule has 3 fully saturated rings. The molecule has 0 bridgehead atoms. The van der Waals surface area contributed by atoms with Crippen molar-refractivity contribution < 1.29 is 37.3 Å². The van der Waals surface area contributed by atoms with Crippen LogP contribution in [0.1, 0.15) is 53.5 Å². The van der Waals surface area contributed by atoms with Crippen LogP contribution in [0.25, 0.3) is 0 Å². The fourth-order valence-electron chi connectivity index (χ4n) is 7.86. The number of methoxy groups -OCH3 is 2. The smallest absolute Gasteiger partial charge is 0.416 e. The van der Waals surface area contributed by atoms with Gasteiger partial charge in [0.25, 0.3) is 0 Å². The zero-order valence-electron chi connectivity index (χ0n) is 28.0. The van der Waals surface area contributed by atoms with E-state index < -0.39 is 23.6 Å². The van der Waals surface area contributed by atoms with E-state index in [0.717, 1.165) is 34.3 Å². The summed E-state index contributed by atoms with van der Waals surface area (Å²) in [6.07, 6.45) is -1.51. The minimum absolute atomic E-state index is 0.00520. The summed E-state index contributed by atoms with van der Waals surface area (Å²) < 4.78 is 52.8. The largest absolute Gasteiger partial charge is 0.497 e. The van der Waals surface area contributed by atoms with E-state index in [-0.39, 0.29) is 29.7 Å². The van der Waals surface area contributed by atoms with Gasteiger partial charge in [-0.25, -0.2) is 0 Å². The Morgan fingerprint density at radius 2 is 1.69 bits per heavy atom. The van der Waals surface area contributed by atoms with Gasteiger partial charge in [-0.15, -0.1) is 0 Å². The van der Waals surface area contributed by atoms with E-state index in [1.54, 1.807) is 26.5 Å². The van der Waals surface area contributed by atoms with Crippen molar-refractivity contribution in [2.24, 2.45) is 11.8 Å². The number of hydrogen-bond acceptors (Lipinski definition) is 7. The summed E-state index contributed by atoms with van der Waals surface area (Å²) in [6.45, 7) is 4.41. The molecule has 1 N–H and O–H groups in total. The molecule has 12 heteroatoms. The summed E-state index contributed by atoms with van der Waals surface area (Å²) in [5, 5.41) is 9.50. The second-order valence-electron chi connectivity index (χ2n) is 13.4. The van der Waals surface area contributed by atoms with Crippen molar-refractivity contribution in [2.45, 2.75) is 50.2 Å². The van der Waals surface area contributed by atoms with Gasteiger partial charge in [-0.1, -0.05) is 18.2 Å². The highest BCUT2D eigenvalue weighted by Gasteiger charge is 2.46. The van der Waals surface area contributed by atoms with Gasteiger partial charge < -0.3 is 29.3 Å². The van der Waals surface area contributed by atoms with Gasteiger partial charge in [0.05, 0.1) is 37.2 Å². The molecule has 1 amide bonds. The van der Waals surface area contributed by atoms with Gasteiger partial charge in [-0.3, -0.25) is 14.6 Å². The number of anilines is 2. The van der Waals surface area contributed by atoms with Crippen LogP contribution in [0.3, 0.4) is 0 Å². The number of ether oxygens (including phenoxy) is 2. The summed E-state index contributed by atoms with van der Waals surface area (Å²) in [7, 11) is 3.21. The number of likely N-dealkylation sites (tertiary alicyclic amines) is 1. The third-order valence-electron chi connectivity index (χ3n) is 10.5. The number of aryl methyl sites for hydroxylation is 1. The highest BCUT2D eigenvalue weighted by molar-refractivity contribution is 5.83. The topological polar surface area (TPSA) is 95.4 Å². The number of rotatable bonds is 9. The number of nitrogens with zero attached hydrogens (tertiary/aromatic N) is 4. The number of piperidine rings is 1. The quantitative estimate of drug-likeness (QED) is 0.296. The van der Waals surface area contributed by atoms with Gasteiger partial charge in [-0.2, -0.15) is 13.2 Å². The lowest BCUT2D eigenvalue weighted by atomic mass is 9.87. The van der Waals surface area contributed by atoms with Crippen molar-refractivity contribution in [1.29, 1.82) is 0 Å². The molecule has 4 heterocycles. The Morgan fingerprint density at radius 3 is 2.33 bits per heavy atom. The molecule has 0 spiro atoms. The van der Waals surface area contributed by atoms with E-state index in [0.29, 0.717) is 64.3 Å². The summed E-state index contributed by atoms with van der Waals surface area (Å²) in [4.78, 5) is 36.6. The van der Waals surface area contributed by atoms with E-state index in [1.165, 1.54) is 6.07 Å². The third kappa shape index (κ3) is 7.34. The predicted molar refractivity (Wildman–Crippen MR) is 179 cm³/mol. The second-order valence-corrected chi connectivity index (χ2v) is 13.4. The van der Waals surface area contributed by atoms with Crippen molar-refractivity contribution in [2.75, 3.05) is 63.4 Å². The van der Waals surface area contributed by atoms with Crippen molar-refractivity contribution in [1.82, 2.24) is 9.88 Å². The maximum atomic E-state index is 14.7. The Labute approximate surface area is 284 Å². The molecule has 3 aromatic rings. The van der Waals surface area contributed by atoms with Crippen LogP contribution in [0, 0.1) is 18.8 Å². The lowest BCUT2D eigenvalue weighted by molar-refractivity contribution is -0.142. The molecule has 4 atom stereocenters. The molecule has 9 nitrogen and oxygen atoms in total. The first-order valence-electron chi connectivity index (χ1n) is 16.8. The van der Waals surface area contributed by atoms with Gasteiger partial charge in [0.15, 0.2) is 0 Å². The maximum absolute atomic E-state index is 14.7. The first kappa shape index (κ1) is 34.5. The number of hydrogen-bond donors (Lipinski definition) is 1. The van der Waals surface area contributed by atoms with Crippen molar-refractivity contribution in [3.05, 3.63) is 83.2 Å². The van der Waals surface area contributed by atoms with Crippen LogP contribution in [0.2, 0.25) is 0 Å². The first-order chi connectivity index (χ1) is 23.5. The monoisotopic (exact) mass is 680 g/mol. The zero-order chi connectivity index (χ0) is 34.9. The Balaban J connectivity index is 1.31. The first-order valence-corrected chi connectivity index (χ1v) is 16.8. The molecule has 1 aromatic heterocycles. The second kappa shape index (κ2) is 14.3. The molecule has 0 saturated carbocycles. The SMILES string of the molecule is COC[C@@H]1C[C@@H](c2ccc(C(F)(F)F)cc2N2CCC(C(=O)O)CC2)CN1C(=O)[C@@H]1CN(c2ccnc(C)c2)C[C@H]1c1ccc(OC)cc1. The lowest BCUT2D eigenvalue weighted by Gasteiger charge is -2.34. The summed E-state index contributed by atoms with van der Waals surface area (Å²) in [5.41, 5.74) is 3.37. The van der Waals surface area contributed by atoms with Crippen molar-refractivity contribution in [3.8, 4) is 5.75 Å². The molecule has 6 rings (SSSR count). The van der Waals surface area contributed by atoms with Crippen LogP contribution in [0.4, 0.5) is 24.5 Å². The van der Waals surface area contributed by atoms with Crippen LogP contribution >= 0.6 is 0 Å².